The van der Waals surface area contributed by atoms with Crippen LogP contribution in [0.1, 0.15) is 5.69 Å². The highest BCUT2D eigenvalue weighted by atomic mass is 79.9. The zero-order valence-electron chi connectivity index (χ0n) is 11.0. The highest BCUT2D eigenvalue weighted by Gasteiger charge is 2.05. The van der Waals surface area contributed by atoms with Crippen LogP contribution in [-0.4, -0.2) is 9.38 Å². The Morgan fingerprint density at radius 3 is 2.86 bits per heavy atom. The van der Waals surface area contributed by atoms with Gasteiger partial charge in [0.1, 0.15) is 5.65 Å². The van der Waals surface area contributed by atoms with E-state index in [1.54, 1.807) is 24.0 Å². The van der Waals surface area contributed by atoms with Crippen LogP contribution in [0.25, 0.3) is 5.65 Å². The van der Waals surface area contributed by atoms with Crippen LogP contribution in [0.4, 0.5) is 5.69 Å². The van der Waals surface area contributed by atoms with Gasteiger partial charge in [0.25, 0.3) is 5.56 Å². The first kappa shape index (κ1) is 14.2. The number of nitrogens with two attached hydrogens (primary N) is 1. The summed E-state index contributed by atoms with van der Waals surface area (Å²) in [6, 6.07) is 12.9. The van der Waals surface area contributed by atoms with Crippen LogP contribution >= 0.6 is 27.7 Å². The maximum absolute atomic E-state index is 12.1. The van der Waals surface area contributed by atoms with E-state index in [-0.39, 0.29) is 5.56 Å². The first-order valence-electron chi connectivity index (χ1n) is 6.28. The molecule has 6 heteroatoms. The van der Waals surface area contributed by atoms with Gasteiger partial charge >= 0.3 is 0 Å². The molecule has 0 saturated carbocycles. The predicted octanol–water partition coefficient (Wildman–Crippen LogP) is 3.33. The fraction of sp³-hybridized carbons (Fsp3) is 0.0667. The number of hydrogen-bond donors (Lipinski definition) is 1. The van der Waals surface area contributed by atoms with E-state index < -0.39 is 0 Å². The van der Waals surface area contributed by atoms with Gasteiger partial charge in [0.15, 0.2) is 0 Å². The Kier molecular flexibility index (Phi) is 3.98. The van der Waals surface area contributed by atoms with E-state index in [2.05, 4.69) is 20.9 Å². The SMILES string of the molecule is Nc1ccccc1SCc1cc(=O)n2cc(Br)ccc2n1. The van der Waals surface area contributed by atoms with E-state index in [1.165, 1.54) is 4.40 Å². The second-order valence-corrected chi connectivity index (χ2v) is 6.42. The summed E-state index contributed by atoms with van der Waals surface area (Å²) >= 11 is 4.92. The van der Waals surface area contributed by atoms with Crippen LogP contribution in [-0.2, 0) is 5.75 Å². The lowest BCUT2D eigenvalue weighted by Gasteiger charge is -2.06. The molecular weight excluding hydrogens is 350 g/mol. The number of fused-ring (bicyclic) bond motifs is 1. The summed E-state index contributed by atoms with van der Waals surface area (Å²) in [4.78, 5) is 17.6. The largest absolute Gasteiger partial charge is 0.398 e. The molecule has 0 aliphatic carbocycles. The molecule has 0 unspecified atom stereocenters. The predicted molar refractivity (Wildman–Crippen MR) is 89.6 cm³/mol. The normalized spacial score (nSPS) is 10.9. The van der Waals surface area contributed by atoms with E-state index in [1.807, 2.05) is 36.4 Å². The van der Waals surface area contributed by atoms with Crippen molar-refractivity contribution in [2.75, 3.05) is 5.73 Å². The molecule has 0 radical (unpaired) electrons. The maximum Gasteiger partial charge on any atom is 0.258 e. The zero-order chi connectivity index (χ0) is 14.8. The molecule has 2 heterocycles. The summed E-state index contributed by atoms with van der Waals surface area (Å²) in [5.41, 5.74) is 7.95. The van der Waals surface area contributed by atoms with Gasteiger partial charge in [-0.2, -0.15) is 0 Å². The summed E-state index contributed by atoms with van der Waals surface area (Å²) < 4.78 is 2.37. The Morgan fingerprint density at radius 2 is 2.05 bits per heavy atom. The number of thioether (sulfide) groups is 1. The van der Waals surface area contributed by atoms with Gasteiger partial charge in [0.05, 0.1) is 5.69 Å². The third-order valence-corrected chi connectivity index (χ3v) is 4.56. The van der Waals surface area contributed by atoms with E-state index in [4.69, 9.17) is 5.73 Å². The molecule has 1 aromatic carbocycles. The number of aromatic nitrogens is 2. The fourth-order valence-corrected chi connectivity index (χ4v) is 3.16. The van der Waals surface area contributed by atoms with E-state index >= 15 is 0 Å². The lowest BCUT2D eigenvalue weighted by atomic mass is 10.3. The van der Waals surface area contributed by atoms with E-state index in [0.29, 0.717) is 11.4 Å². The van der Waals surface area contributed by atoms with Gasteiger partial charge in [-0.15, -0.1) is 11.8 Å². The lowest BCUT2D eigenvalue weighted by Crippen LogP contribution is -2.15. The third-order valence-electron chi connectivity index (χ3n) is 2.97. The summed E-state index contributed by atoms with van der Waals surface area (Å²) in [7, 11) is 0. The van der Waals surface area contributed by atoms with Crippen LogP contribution < -0.4 is 11.3 Å². The van der Waals surface area contributed by atoms with Crippen molar-refractivity contribution in [2.45, 2.75) is 10.6 Å². The first-order chi connectivity index (χ1) is 10.1. The lowest BCUT2D eigenvalue weighted by molar-refractivity contribution is 1.01. The molecule has 3 aromatic rings. The van der Waals surface area contributed by atoms with Crippen LogP contribution in [0.2, 0.25) is 0 Å². The Morgan fingerprint density at radius 1 is 1.24 bits per heavy atom. The van der Waals surface area contributed by atoms with Crippen molar-refractivity contribution in [3.63, 3.8) is 0 Å². The molecule has 0 aliphatic rings. The monoisotopic (exact) mass is 361 g/mol. The number of anilines is 1. The number of para-hydroxylation sites is 1. The van der Waals surface area contributed by atoms with Gasteiger partial charge in [-0.3, -0.25) is 9.20 Å². The molecule has 3 rings (SSSR count). The summed E-state index contributed by atoms with van der Waals surface area (Å²) in [5, 5.41) is 0. The summed E-state index contributed by atoms with van der Waals surface area (Å²) in [6.07, 6.45) is 1.72. The van der Waals surface area contributed by atoms with Crippen LogP contribution in [0.3, 0.4) is 0 Å². The number of halogens is 1. The molecule has 106 valence electrons. The molecule has 21 heavy (non-hydrogen) atoms. The standard InChI is InChI=1S/C15H12BrN3OS/c16-10-5-6-14-18-11(7-15(20)19(14)8-10)9-21-13-4-2-1-3-12(13)17/h1-8H,9,17H2. The average molecular weight is 362 g/mol. The first-order valence-corrected chi connectivity index (χ1v) is 8.06. The number of nitrogens with zero attached hydrogens (tertiary/aromatic N) is 2. The molecule has 4 nitrogen and oxygen atoms in total. The molecule has 0 aliphatic heterocycles. The quantitative estimate of drug-likeness (QED) is 0.574. The molecule has 2 N–H and O–H groups in total. The number of nitrogen functional groups attached to an aromatic ring is 1. The van der Waals surface area contributed by atoms with Crippen LogP contribution in [0.5, 0.6) is 0 Å². The molecule has 0 spiro atoms. The van der Waals surface area contributed by atoms with Gasteiger partial charge in [-0.1, -0.05) is 12.1 Å². The van der Waals surface area contributed by atoms with Crippen LogP contribution in [0.15, 0.2) is 62.8 Å². The van der Waals surface area contributed by atoms with Crippen molar-refractivity contribution in [3.8, 4) is 0 Å². The molecular formula is C15H12BrN3OS. The smallest absolute Gasteiger partial charge is 0.258 e. The number of benzene rings is 1. The number of hydrogen-bond acceptors (Lipinski definition) is 4. The van der Waals surface area contributed by atoms with Crippen molar-refractivity contribution >= 4 is 39.0 Å². The van der Waals surface area contributed by atoms with E-state index in [9.17, 15) is 4.79 Å². The Labute approximate surface area is 134 Å². The van der Waals surface area contributed by atoms with E-state index in [0.717, 1.165) is 20.7 Å². The Balaban J connectivity index is 1.90. The van der Waals surface area contributed by atoms with Gasteiger partial charge in [-0.25, -0.2) is 4.98 Å². The molecule has 0 saturated heterocycles. The topological polar surface area (TPSA) is 60.4 Å². The molecule has 0 atom stereocenters. The number of rotatable bonds is 3. The van der Waals surface area contributed by atoms with Gasteiger partial charge in [0, 0.05) is 33.1 Å². The number of pyridine rings is 1. The second kappa shape index (κ2) is 5.91. The maximum atomic E-state index is 12.1. The van der Waals surface area contributed by atoms with Crippen molar-refractivity contribution in [2.24, 2.45) is 0 Å². The molecule has 0 bridgehead atoms. The van der Waals surface area contributed by atoms with Crippen molar-refractivity contribution in [3.05, 3.63) is 69.2 Å². The second-order valence-electron chi connectivity index (χ2n) is 4.49. The van der Waals surface area contributed by atoms with Gasteiger partial charge < -0.3 is 5.73 Å². The Bertz CT molecular complexity index is 863. The summed E-state index contributed by atoms with van der Waals surface area (Å²) in [6.45, 7) is 0. The molecule has 0 amide bonds. The minimum absolute atomic E-state index is 0.0852. The molecule has 0 fully saturated rings. The van der Waals surface area contributed by atoms with Crippen molar-refractivity contribution in [1.29, 1.82) is 0 Å². The van der Waals surface area contributed by atoms with Gasteiger partial charge in [-0.05, 0) is 40.2 Å². The summed E-state index contributed by atoms with van der Waals surface area (Å²) in [5.74, 6) is 0.607. The average Bonchev–Trinajstić information content (AvgIpc) is 2.47. The van der Waals surface area contributed by atoms with Gasteiger partial charge in [0.2, 0.25) is 0 Å². The van der Waals surface area contributed by atoms with Crippen molar-refractivity contribution in [1.82, 2.24) is 9.38 Å². The highest BCUT2D eigenvalue weighted by molar-refractivity contribution is 9.10. The zero-order valence-corrected chi connectivity index (χ0v) is 13.4. The minimum atomic E-state index is -0.0852. The fourth-order valence-electron chi connectivity index (χ4n) is 1.96. The third kappa shape index (κ3) is 3.11. The minimum Gasteiger partial charge on any atom is -0.398 e. The Hall–Kier alpha value is -1.79. The highest BCUT2D eigenvalue weighted by Crippen LogP contribution is 2.27. The molecule has 2 aromatic heterocycles. The van der Waals surface area contributed by atoms with Crippen molar-refractivity contribution < 1.29 is 0 Å². The van der Waals surface area contributed by atoms with Crippen LogP contribution in [0, 0.1) is 0 Å².